The third-order valence-corrected chi connectivity index (χ3v) is 4.30. The van der Waals surface area contributed by atoms with Crippen LogP contribution < -0.4 is 10.1 Å². The van der Waals surface area contributed by atoms with Crippen molar-refractivity contribution >= 4 is 28.5 Å². The summed E-state index contributed by atoms with van der Waals surface area (Å²) in [6.07, 6.45) is -0.825. The largest absolute Gasteiger partial charge is 0.497 e. The van der Waals surface area contributed by atoms with E-state index in [2.05, 4.69) is 5.32 Å². The summed E-state index contributed by atoms with van der Waals surface area (Å²) in [5.41, 5.74) is 2.01. The van der Waals surface area contributed by atoms with Gasteiger partial charge in [-0.1, -0.05) is 23.7 Å². The van der Waals surface area contributed by atoms with Gasteiger partial charge in [-0.15, -0.1) is 0 Å². The zero-order chi connectivity index (χ0) is 18.0. The van der Waals surface area contributed by atoms with E-state index in [4.69, 9.17) is 20.8 Å². The molecular formula is C19H18ClNO4. The van der Waals surface area contributed by atoms with Gasteiger partial charge >= 0.3 is 0 Å². The number of aliphatic hydroxyl groups excluding tert-OH is 1. The van der Waals surface area contributed by atoms with Gasteiger partial charge in [-0.3, -0.25) is 4.79 Å². The first-order chi connectivity index (χ1) is 12.0. The normalized spacial score (nSPS) is 12.2. The van der Waals surface area contributed by atoms with Gasteiger partial charge in [0.1, 0.15) is 11.3 Å². The fourth-order valence-corrected chi connectivity index (χ4v) is 2.80. The number of rotatable bonds is 5. The Kier molecular flexibility index (Phi) is 4.97. The lowest BCUT2D eigenvalue weighted by Gasteiger charge is -2.12. The van der Waals surface area contributed by atoms with E-state index in [1.807, 2.05) is 0 Å². The lowest BCUT2D eigenvalue weighted by Crippen LogP contribution is -2.28. The summed E-state index contributed by atoms with van der Waals surface area (Å²) >= 11 is 5.99. The van der Waals surface area contributed by atoms with Gasteiger partial charge < -0.3 is 19.6 Å². The minimum atomic E-state index is -0.825. The summed E-state index contributed by atoms with van der Waals surface area (Å²) in [7, 11) is 1.58. The number of carbonyl (C=O) groups excluding carboxylic acids is 1. The molecule has 0 spiro atoms. The molecule has 0 fully saturated rings. The maximum Gasteiger partial charge on any atom is 0.287 e. The van der Waals surface area contributed by atoms with E-state index in [0.717, 1.165) is 5.39 Å². The number of benzene rings is 2. The number of methoxy groups -OCH3 is 1. The third-order valence-electron chi connectivity index (χ3n) is 4.06. The highest BCUT2D eigenvalue weighted by Gasteiger charge is 2.19. The highest BCUT2D eigenvalue weighted by molar-refractivity contribution is 6.31. The van der Waals surface area contributed by atoms with Crippen LogP contribution in [-0.2, 0) is 0 Å². The molecule has 0 bridgehead atoms. The Morgan fingerprint density at radius 2 is 2.00 bits per heavy atom. The fraction of sp³-hybridized carbons (Fsp3) is 0.211. The van der Waals surface area contributed by atoms with Crippen LogP contribution in [0, 0.1) is 6.92 Å². The summed E-state index contributed by atoms with van der Waals surface area (Å²) in [6, 6.07) is 12.2. The predicted octanol–water partition coefficient (Wildman–Crippen LogP) is 3.87. The smallest absolute Gasteiger partial charge is 0.287 e. The van der Waals surface area contributed by atoms with E-state index in [0.29, 0.717) is 27.5 Å². The quantitative estimate of drug-likeness (QED) is 0.725. The van der Waals surface area contributed by atoms with Gasteiger partial charge in [-0.05, 0) is 42.8 Å². The number of halogens is 1. The summed E-state index contributed by atoms with van der Waals surface area (Å²) in [5.74, 6) is 0.549. The topological polar surface area (TPSA) is 71.7 Å². The summed E-state index contributed by atoms with van der Waals surface area (Å²) in [6.45, 7) is 1.87. The van der Waals surface area contributed by atoms with Crippen LogP contribution in [0.4, 0.5) is 0 Å². The maximum atomic E-state index is 12.4. The maximum absolute atomic E-state index is 12.4. The van der Waals surface area contributed by atoms with Gasteiger partial charge in [0.05, 0.1) is 13.2 Å². The first kappa shape index (κ1) is 17.3. The van der Waals surface area contributed by atoms with Crippen LogP contribution in [0.3, 0.4) is 0 Å². The number of nitrogens with one attached hydrogen (secondary N) is 1. The Bertz CT molecular complexity index is 902. The van der Waals surface area contributed by atoms with Crippen molar-refractivity contribution in [2.24, 2.45) is 0 Å². The summed E-state index contributed by atoms with van der Waals surface area (Å²) in [5, 5.41) is 14.3. The molecule has 5 nitrogen and oxygen atoms in total. The average molecular weight is 360 g/mol. The van der Waals surface area contributed by atoms with E-state index < -0.39 is 6.10 Å². The van der Waals surface area contributed by atoms with E-state index >= 15 is 0 Å². The van der Waals surface area contributed by atoms with Crippen molar-refractivity contribution < 1.29 is 19.1 Å². The van der Waals surface area contributed by atoms with Crippen LogP contribution in [0.2, 0.25) is 5.02 Å². The molecule has 3 rings (SSSR count). The van der Waals surface area contributed by atoms with Crippen LogP contribution in [0.15, 0.2) is 46.9 Å². The summed E-state index contributed by atoms with van der Waals surface area (Å²) in [4.78, 5) is 12.4. The molecule has 1 unspecified atom stereocenters. The van der Waals surface area contributed by atoms with E-state index in [1.165, 1.54) is 0 Å². The molecule has 0 radical (unpaired) electrons. The van der Waals surface area contributed by atoms with Gasteiger partial charge in [-0.2, -0.15) is 0 Å². The first-order valence-electron chi connectivity index (χ1n) is 7.78. The molecule has 1 amide bonds. The minimum Gasteiger partial charge on any atom is -0.497 e. The van der Waals surface area contributed by atoms with E-state index in [1.54, 1.807) is 56.5 Å². The van der Waals surface area contributed by atoms with Gasteiger partial charge in [0.2, 0.25) is 0 Å². The molecule has 130 valence electrons. The summed E-state index contributed by atoms with van der Waals surface area (Å²) < 4.78 is 10.7. The van der Waals surface area contributed by atoms with Crippen LogP contribution in [-0.4, -0.2) is 24.7 Å². The van der Waals surface area contributed by atoms with Crippen molar-refractivity contribution in [2.75, 3.05) is 13.7 Å². The highest BCUT2D eigenvalue weighted by atomic mass is 35.5. The number of amides is 1. The van der Waals surface area contributed by atoms with Gasteiger partial charge in [0.15, 0.2) is 5.76 Å². The second-order valence-electron chi connectivity index (χ2n) is 5.70. The molecule has 0 aliphatic carbocycles. The van der Waals surface area contributed by atoms with Crippen LogP contribution in [0.5, 0.6) is 5.75 Å². The number of hydrogen-bond acceptors (Lipinski definition) is 4. The molecule has 0 saturated carbocycles. The number of furan rings is 1. The van der Waals surface area contributed by atoms with E-state index in [-0.39, 0.29) is 18.2 Å². The Hall–Kier alpha value is -2.50. The van der Waals surface area contributed by atoms with Crippen LogP contribution in [0.25, 0.3) is 11.0 Å². The second-order valence-corrected chi connectivity index (χ2v) is 6.13. The van der Waals surface area contributed by atoms with Crippen molar-refractivity contribution in [2.45, 2.75) is 13.0 Å². The number of hydrogen-bond donors (Lipinski definition) is 2. The molecule has 2 aromatic carbocycles. The zero-order valence-corrected chi connectivity index (χ0v) is 14.6. The number of fused-ring (bicyclic) bond motifs is 1. The number of ether oxygens (including phenoxy) is 1. The molecule has 6 heteroatoms. The van der Waals surface area contributed by atoms with Gasteiger partial charge in [0, 0.05) is 22.5 Å². The third kappa shape index (κ3) is 3.62. The lowest BCUT2D eigenvalue weighted by atomic mass is 10.1. The molecule has 0 aliphatic rings. The monoisotopic (exact) mass is 359 g/mol. The Morgan fingerprint density at radius 3 is 2.68 bits per heavy atom. The molecule has 0 saturated heterocycles. The van der Waals surface area contributed by atoms with Crippen molar-refractivity contribution in [3.05, 3.63) is 64.4 Å². The first-order valence-corrected chi connectivity index (χ1v) is 8.16. The molecule has 25 heavy (non-hydrogen) atoms. The Morgan fingerprint density at radius 1 is 1.28 bits per heavy atom. The second kappa shape index (κ2) is 7.17. The molecular weight excluding hydrogens is 342 g/mol. The number of carbonyl (C=O) groups is 1. The average Bonchev–Trinajstić information content (AvgIpc) is 2.96. The lowest BCUT2D eigenvalue weighted by molar-refractivity contribution is 0.0890. The predicted molar refractivity (Wildman–Crippen MR) is 96.2 cm³/mol. The SMILES string of the molecule is COc1ccc(C(O)CNC(=O)c2oc3ccc(Cl)cc3c2C)cc1. The van der Waals surface area contributed by atoms with Crippen LogP contribution in [0.1, 0.15) is 27.8 Å². The minimum absolute atomic E-state index is 0.0718. The number of aliphatic hydroxyl groups is 1. The molecule has 1 heterocycles. The van der Waals surface area contributed by atoms with E-state index in [9.17, 15) is 9.90 Å². The molecule has 1 atom stereocenters. The van der Waals surface area contributed by atoms with Crippen molar-refractivity contribution in [3.8, 4) is 5.75 Å². The molecule has 1 aromatic heterocycles. The Balaban J connectivity index is 1.70. The van der Waals surface area contributed by atoms with Gasteiger partial charge in [0.25, 0.3) is 5.91 Å². The standard InChI is InChI=1S/C19H18ClNO4/c1-11-15-9-13(20)5-8-17(15)25-18(11)19(23)21-10-16(22)12-3-6-14(24-2)7-4-12/h3-9,16,22H,10H2,1-2H3,(H,21,23). The van der Waals surface area contributed by atoms with Crippen molar-refractivity contribution in [1.29, 1.82) is 0 Å². The Labute approximate surface area is 150 Å². The fourth-order valence-electron chi connectivity index (χ4n) is 2.62. The zero-order valence-electron chi connectivity index (χ0n) is 13.9. The van der Waals surface area contributed by atoms with Gasteiger partial charge in [-0.25, -0.2) is 0 Å². The van der Waals surface area contributed by atoms with Crippen LogP contribution >= 0.6 is 11.6 Å². The molecule has 2 N–H and O–H groups in total. The van der Waals surface area contributed by atoms with Crippen molar-refractivity contribution in [1.82, 2.24) is 5.32 Å². The highest BCUT2D eigenvalue weighted by Crippen LogP contribution is 2.28. The number of aryl methyl sites for hydroxylation is 1. The van der Waals surface area contributed by atoms with Crippen molar-refractivity contribution in [3.63, 3.8) is 0 Å². The molecule has 3 aromatic rings. The molecule has 0 aliphatic heterocycles.